The van der Waals surface area contributed by atoms with Gasteiger partial charge in [0.1, 0.15) is 0 Å². The van der Waals surface area contributed by atoms with Gasteiger partial charge in [0.15, 0.2) is 6.54 Å². The van der Waals surface area contributed by atoms with Crippen LogP contribution in [0.3, 0.4) is 0 Å². The van der Waals surface area contributed by atoms with Crippen LogP contribution in [0.5, 0.6) is 0 Å². The molecule has 7 heteroatoms. The summed E-state index contributed by atoms with van der Waals surface area (Å²) in [6.07, 6.45) is 1.34. The van der Waals surface area contributed by atoms with Gasteiger partial charge in [-0.05, 0) is 50.8 Å². The zero-order chi connectivity index (χ0) is 20.8. The van der Waals surface area contributed by atoms with Gasteiger partial charge in [-0.25, -0.2) is 4.79 Å². The number of anilines is 1. The largest absolute Gasteiger partial charge is 0.450 e. The molecule has 2 aliphatic rings. The van der Waals surface area contributed by atoms with Crippen LogP contribution in [-0.2, 0) is 9.53 Å². The van der Waals surface area contributed by atoms with Gasteiger partial charge in [-0.1, -0.05) is 12.1 Å². The molecule has 0 saturated carbocycles. The molecule has 29 heavy (non-hydrogen) atoms. The van der Waals surface area contributed by atoms with Crippen molar-refractivity contribution in [3.05, 3.63) is 29.3 Å². The van der Waals surface area contributed by atoms with E-state index in [1.807, 2.05) is 6.92 Å². The predicted octanol–water partition coefficient (Wildman–Crippen LogP) is 0.745. The highest BCUT2D eigenvalue weighted by atomic mass is 16.6. The van der Waals surface area contributed by atoms with Crippen molar-refractivity contribution in [1.82, 2.24) is 10.2 Å². The Kier molecular flexibility index (Phi) is 7.36. The Labute approximate surface area is 174 Å². The summed E-state index contributed by atoms with van der Waals surface area (Å²) >= 11 is 0. The third kappa shape index (κ3) is 5.63. The Bertz CT molecular complexity index is 708. The first-order valence-corrected chi connectivity index (χ1v) is 10.8. The number of nitrogens with one attached hydrogen (secondary N) is 2. The standard InChI is InChI=1S/C22H34N4O3/c1-4-29-22(28)26-10-8-19(9-11-26)23-21(27)16-24-12-14-25(15-13-24)20-7-5-6-17(2)18(20)3/h5-7,19H,4,8-16H2,1-3H3,(H,23,27)/p+1. The van der Waals surface area contributed by atoms with E-state index in [2.05, 4.69) is 42.3 Å². The average molecular weight is 404 g/mol. The first kappa shape index (κ1) is 21.4. The molecule has 0 atom stereocenters. The zero-order valence-electron chi connectivity index (χ0n) is 18.0. The minimum atomic E-state index is -0.247. The summed E-state index contributed by atoms with van der Waals surface area (Å²) < 4.78 is 5.04. The number of quaternary nitrogens is 1. The van der Waals surface area contributed by atoms with E-state index in [4.69, 9.17) is 4.74 Å². The Hall–Kier alpha value is -2.28. The molecule has 2 fully saturated rings. The van der Waals surface area contributed by atoms with Gasteiger partial charge in [0.2, 0.25) is 0 Å². The number of likely N-dealkylation sites (tertiary alicyclic amines) is 1. The Morgan fingerprint density at radius 1 is 1.14 bits per heavy atom. The summed E-state index contributed by atoms with van der Waals surface area (Å²) in [4.78, 5) is 29.8. The van der Waals surface area contributed by atoms with Crippen LogP contribution in [0.4, 0.5) is 10.5 Å². The highest BCUT2D eigenvalue weighted by molar-refractivity contribution is 5.77. The van der Waals surface area contributed by atoms with E-state index >= 15 is 0 Å². The molecule has 0 aliphatic carbocycles. The number of piperazine rings is 1. The van der Waals surface area contributed by atoms with E-state index in [1.54, 1.807) is 4.90 Å². The van der Waals surface area contributed by atoms with E-state index < -0.39 is 0 Å². The van der Waals surface area contributed by atoms with Gasteiger partial charge in [0.05, 0.1) is 32.8 Å². The molecule has 160 valence electrons. The molecule has 0 aromatic heterocycles. The summed E-state index contributed by atoms with van der Waals surface area (Å²) in [6.45, 7) is 12.3. The fourth-order valence-corrected chi connectivity index (χ4v) is 4.25. The van der Waals surface area contributed by atoms with Crippen LogP contribution in [0.25, 0.3) is 0 Å². The SMILES string of the molecule is CCOC(=O)N1CCC(NC(=O)C[NH+]2CCN(c3cccc(C)c3C)CC2)CC1. The number of ether oxygens (including phenoxy) is 1. The molecular weight excluding hydrogens is 368 g/mol. The number of aryl methyl sites for hydroxylation is 1. The lowest BCUT2D eigenvalue weighted by atomic mass is 10.1. The maximum absolute atomic E-state index is 12.5. The zero-order valence-corrected chi connectivity index (χ0v) is 18.0. The number of amides is 2. The third-order valence-corrected chi connectivity index (χ3v) is 6.18. The Morgan fingerprint density at radius 3 is 2.48 bits per heavy atom. The van der Waals surface area contributed by atoms with E-state index in [1.165, 1.54) is 21.7 Å². The highest BCUT2D eigenvalue weighted by Gasteiger charge is 2.27. The fourth-order valence-electron chi connectivity index (χ4n) is 4.25. The number of benzene rings is 1. The van der Waals surface area contributed by atoms with Crippen molar-refractivity contribution in [3.63, 3.8) is 0 Å². The van der Waals surface area contributed by atoms with Crippen molar-refractivity contribution in [2.45, 2.75) is 39.7 Å². The molecule has 2 heterocycles. The molecule has 1 aromatic rings. The lowest BCUT2D eigenvalue weighted by Gasteiger charge is -2.35. The van der Waals surface area contributed by atoms with Crippen molar-refractivity contribution in [1.29, 1.82) is 0 Å². The van der Waals surface area contributed by atoms with Crippen LogP contribution >= 0.6 is 0 Å². The Morgan fingerprint density at radius 2 is 1.83 bits per heavy atom. The summed E-state index contributed by atoms with van der Waals surface area (Å²) in [7, 11) is 0. The topological polar surface area (TPSA) is 66.3 Å². The van der Waals surface area contributed by atoms with Crippen LogP contribution < -0.4 is 15.1 Å². The third-order valence-electron chi connectivity index (χ3n) is 6.18. The number of hydrogen-bond acceptors (Lipinski definition) is 4. The van der Waals surface area contributed by atoms with Gasteiger partial charge in [0, 0.05) is 24.8 Å². The second-order valence-corrected chi connectivity index (χ2v) is 8.16. The number of rotatable bonds is 5. The number of carbonyl (C=O) groups excluding carboxylic acids is 2. The van der Waals surface area contributed by atoms with Crippen molar-refractivity contribution < 1.29 is 19.2 Å². The minimum absolute atomic E-state index is 0.120. The van der Waals surface area contributed by atoms with Gasteiger partial charge in [-0.15, -0.1) is 0 Å². The lowest BCUT2D eigenvalue weighted by Crippen LogP contribution is -3.16. The molecule has 2 saturated heterocycles. The number of nitrogens with zero attached hydrogens (tertiary/aromatic N) is 2. The second kappa shape index (κ2) is 9.96. The van der Waals surface area contributed by atoms with E-state index in [0.29, 0.717) is 26.2 Å². The molecule has 2 N–H and O–H groups in total. The predicted molar refractivity (Wildman–Crippen MR) is 113 cm³/mol. The first-order valence-electron chi connectivity index (χ1n) is 10.8. The van der Waals surface area contributed by atoms with E-state index in [-0.39, 0.29) is 18.0 Å². The number of piperidine rings is 1. The molecule has 0 spiro atoms. The quantitative estimate of drug-likeness (QED) is 0.761. The van der Waals surface area contributed by atoms with Crippen molar-refractivity contribution in [3.8, 4) is 0 Å². The van der Waals surface area contributed by atoms with Crippen LogP contribution in [0.1, 0.15) is 30.9 Å². The molecule has 0 unspecified atom stereocenters. The summed E-state index contributed by atoms with van der Waals surface area (Å²) in [5.74, 6) is 0.120. The molecule has 2 amide bonds. The first-order chi connectivity index (χ1) is 14.0. The van der Waals surface area contributed by atoms with Gasteiger partial charge >= 0.3 is 6.09 Å². The van der Waals surface area contributed by atoms with Crippen LogP contribution in [0.2, 0.25) is 0 Å². The average Bonchev–Trinajstić information content (AvgIpc) is 2.71. The molecular formula is C22H35N4O3+. The van der Waals surface area contributed by atoms with Gasteiger partial charge in [0.25, 0.3) is 5.91 Å². The lowest BCUT2D eigenvalue weighted by molar-refractivity contribution is -0.892. The highest BCUT2D eigenvalue weighted by Crippen LogP contribution is 2.22. The van der Waals surface area contributed by atoms with Crippen molar-refractivity contribution in [2.24, 2.45) is 0 Å². The van der Waals surface area contributed by atoms with Gasteiger partial charge < -0.3 is 24.8 Å². The second-order valence-electron chi connectivity index (χ2n) is 8.16. The van der Waals surface area contributed by atoms with Gasteiger partial charge in [-0.3, -0.25) is 4.79 Å². The van der Waals surface area contributed by atoms with Crippen molar-refractivity contribution >= 4 is 17.7 Å². The summed E-state index contributed by atoms with van der Waals surface area (Å²) in [6, 6.07) is 6.63. The van der Waals surface area contributed by atoms with Crippen LogP contribution in [0.15, 0.2) is 18.2 Å². The van der Waals surface area contributed by atoms with E-state index in [0.717, 1.165) is 39.0 Å². The molecule has 0 radical (unpaired) electrons. The maximum atomic E-state index is 12.5. The molecule has 1 aromatic carbocycles. The molecule has 2 aliphatic heterocycles. The minimum Gasteiger partial charge on any atom is -0.450 e. The van der Waals surface area contributed by atoms with Crippen LogP contribution in [-0.4, -0.2) is 75.4 Å². The van der Waals surface area contributed by atoms with Crippen LogP contribution in [0, 0.1) is 13.8 Å². The molecule has 3 rings (SSSR count). The normalized spacial score (nSPS) is 18.6. The molecule has 0 bridgehead atoms. The summed E-state index contributed by atoms with van der Waals surface area (Å²) in [5.41, 5.74) is 4.00. The molecule has 7 nitrogen and oxygen atoms in total. The maximum Gasteiger partial charge on any atom is 0.409 e. The van der Waals surface area contributed by atoms with Gasteiger partial charge in [-0.2, -0.15) is 0 Å². The number of carbonyl (C=O) groups is 2. The fraction of sp³-hybridized carbons (Fsp3) is 0.636. The Balaban J connectivity index is 1.39. The number of hydrogen-bond donors (Lipinski definition) is 2. The van der Waals surface area contributed by atoms with E-state index in [9.17, 15) is 9.59 Å². The smallest absolute Gasteiger partial charge is 0.409 e. The van der Waals surface area contributed by atoms with Crippen molar-refractivity contribution in [2.75, 3.05) is 57.3 Å². The monoisotopic (exact) mass is 403 g/mol. The summed E-state index contributed by atoms with van der Waals surface area (Å²) in [5, 5.41) is 3.16.